The lowest BCUT2D eigenvalue weighted by Gasteiger charge is -2.19. The summed E-state index contributed by atoms with van der Waals surface area (Å²) in [5.41, 5.74) is 0.266. The Hall–Kier alpha value is -2.98. The van der Waals surface area contributed by atoms with E-state index in [1.165, 1.54) is 12.1 Å². The first-order valence-electron chi connectivity index (χ1n) is 8.64. The van der Waals surface area contributed by atoms with Gasteiger partial charge >= 0.3 is 0 Å². The molecule has 0 heterocycles. The smallest absolute Gasteiger partial charge is 0.222 e. The van der Waals surface area contributed by atoms with E-state index in [0.29, 0.717) is 18.7 Å². The van der Waals surface area contributed by atoms with Crippen molar-refractivity contribution in [3.05, 3.63) is 59.7 Å². The Morgan fingerprint density at radius 1 is 1.22 bits per heavy atom. The monoisotopic (exact) mass is 373 g/mol. The van der Waals surface area contributed by atoms with Crippen molar-refractivity contribution in [2.75, 3.05) is 13.1 Å². The van der Waals surface area contributed by atoms with E-state index in [1.54, 1.807) is 30.3 Å². The van der Waals surface area contributed by atoms with E-state index in [9.17, 15) is 13.6 Å². The maximum absolute atomic E-state index is 14.9. The minimum atomic E-state index is -0.786. The maximum atomic E-state index is 14.9. The first kappa shape index (κ1) is 20.3. The summed E-state index contributed by atoms with van der Waals surface area (Å²) >= 11 is 0. The summed E-state index contributed by atoms with van der Waals surface area (Å²) in [5, 5.41) is 14.0. The standard InChI is InChI=1S/C20H21F2N3O2/c1-2-17(24-12-10-18(26)25-13-11-23)15-8-9-16(21)20(19(15)22)27-14-6-4-3-5-7-14/h3-9,17,24H,2,10,12-13H2,1H3,(H,25,26)/t17-/m0/s1. The molecule has 0 aromatic heterocycles. The molecule has 0 saturated heterocycles. The number of para-hydroxylation sites is 1. The molecule has 0 aliphatic rings. The highest BCUT2D eigenvalue weighted by atomic mass is 19.1. The van der Waals surface area contributed by atoms with Gasteiger partial charge in [0.25, 0.3) is 0 Å². The fourth-order valence-electron chi connectivity index (χ4n) is 2.58. The van der Waals surface area contributed by atoms with Gasteiger partial charge in [-0.05, 0) is 24.6 Å². The van der Waals surface area contributed by atoms with Crippen LogP contribution in [-0.2, 0) is 4.79 Å². The fourth-order valence-corrected chi connectivity index (χ4v) is 2.58. The molecular formula is C20H21F2N3O2. The third kappa shape index (κ3) is 5.76. The number of carbonyl (C=O) groups excluding carboxylic acids is 1. The minimum absolute atomic E-state index is 0.0528. The van der Waals surface area contributed by atoms with Crippen LogP contribution in [0.4, 0.5) is 8.78 Å². The summed E-state index contributed by atoms with van der Waals surface area (Å²) in [6.45, 7) is 2.10. The van der Waals surface area contributed by atoms with Crippen molar-refractivity contribution in [1.29, 1.82) is 5.26 Å². The average molecular weight is 373 g/mol. The Bertz CT molecular complexity index is 807. The van der Waals surface area contributed by atoms with Gasteiger partial charge in [-0.2, -0.15) is 5.26 Å². The Labute approximate surface area is 157 Å². The van der Waals surface area contributed by atoms with Gasteiger partial charge in [0, 0.05) is 24.6 Å². The number of nitrogens with one attached hydrogen (secondary N) is 2. The molecule has 0 aliphatic heterocycles. The number of rotatable bonds is 9. The first-order chi connectivity index (χ1) is 13.1. The van der Waals surface area contributed by atoms with Crippen LogP contribution in [0.5, 0.6) is 11.5 Å². The zero-order chi connectivity index (χ0) is 19.6. The van der Waals surface area contributed by atoms with Gasteiger partial charge in [-0.3, -0.25) is 4.79 Å². The molecule has 0 unspecified atom stereocenters. The highest BCUT2D eigenvalue weighted by Crippen LogP contribution is 2.32. The van der Waals surface area contributed by atoms with Crippen LogP contribution in [0, 0.1) is 23.0 Å². The molecule has 1 amide bonds. The molecule has 2 aromatic rings. The lowest BCUT2D eigenvalue weighted by atomic mass is 10.0. The molecule has 0 radical (unpaired) electrons. The maximum Gasteiger partial charge on any atom is 0.222 e. The SMILES string of the molecule is CC[C@H](NCCC(=O)NCC#N)c1ccc(F)c(Oc2ccccc2)c1F. The molecule has 142 valence electrons. The van der Waals surface area contributed by atoms with Crippen molar-refractivity contribution in [2.45, 2.75) is 25.8 Å². The van der Waals surface area contributed by atoms with Crippen molar-refractivity contribution < 1.29 is 18.3 Å². The van der Waals surface area contributed by atoms with Crippen molar-refractivity contribution in [2.24, 2.45) is 0 Å². The lowest BCUT2D eigenvalue weighted by molar-refractivity contribution is -0.120. The van der Waals surface area contributed by atoms with Crippen LogP contribution in [-0.4, -0.2) is 19.0 Å². The zero-order valence-corrected chi connectivity index (χ0v) is 15.0. The zero-order valence-electron chi connectivity index (χ0n) is 15.0. The Morgan fingerprint density at radius 2 is 1.96 bits per heavy atom. The van der Waals surface area contributed by atoms with Crippen molar-refractivity contribution in [3.8, 4) is 17.6 Å². The van der Waals surface area contributed by atoms with Crippen molar-refractivity contribution >= 4 is 5.91 Å². The van der Waals surface area contributed by atoms with Gasteiger partial charge in [-0.15, -0.1) is 0 Å². The summed E-state index contributed by atoms with van der Waals surface area (Å²) < 4.78 is 34.4. The van der Waals surface area contributed by atoms with E-state index >= 15 is 0 Å². The van der Waals surface area contributed by atoms with Gasteiger partial charge in [-0.25, -0.2) is 8.78 Å². The van der Waals surface area contributed by atoms with Crippen LogP contribution < -0.4 is 15.4 Å². The largest absolute Gasteiger partial charge is 0.451 e. The van der Waals surface area contributed by atoms with Crippen LogP contribution in [0.25, 0.3) is 0 Å². The quantitative estimate of drug-likeness (QED) is 0.655. The van der Waals surface area contributed by atoms with Crippen LogP contribution in [0.1, 0.15) is 31.4 Å². The molecule has 2 rings (SSSR count). The molecule has 0 saturated carbocycles. The number of nitrogens with zero attached hydrogens (tertiary/aromatic N) is 1. The molecule has 7 heteroatoms. The topological polar surface area (TPSA) is 74.2 Å². The van der Waals surface area contributed by atoms with Crippen LogP contribution in [0.3, 0.4) is 0 Å². The normalized spacial score (nSPS) is 11.5. The van der Waals surface area contributed by atoms with E-state index in [-0.39, 0.29) is 24.4 Å². The van der Waals surface area contributed by atoms with E-state index < -0.39 is 23.4 Å². The van der Waals surface area contributed by atoms with Gasteiger partial charge in [0.2, 0.25) is 5.91 Å². The van der Waals surface area contributed by atoms with E-state index in [0.717, 1.165) is 0 Å². The lowest BCUT2D eigenvalue weighted by Crippen LogP contribution is -2.30. The van der Waals surface area contributed by atoms with E-state index in [2.05, 4.69) is 10.6 Å². The average Bonchev–Trinajstić information content (AvgIpc) is 2.68. The van der Waals surface area contributed by atoms with Gasteiger partial charge < -0.3 is 15.4 Å². The predicted octanol–water partition coefficient (Wildman–Crippen LogP) is 3.83. The second kappa shape index (κ2) is 10.2. The second-order valence-electron chi connectivity index (χ2n) is 5.79. The molecule has 5 nitrogen and oxygen atoms in total. The summed E-state index contributed by atoms with van der Waals surface area (Å²) in [7, 11) is 0. The summed E-state index contributed by atoms with van der Waals surface area (Å²) in [4.78, 5) is 11.5. The summed E-state index contributed by atoms with van der Waals surface area (Å²) in [6, 6.07) is 12.4. The number of benzene rings is 2. The van der Waals surface area contributed by atoms with E-state index in [1.807, 2.05) is 13.0 Å². The van der Waals surface area contributed by atoms with Gasteiger partial charge in [0.05, 0.1) is 6.07 Å². The van der Waals surface area contributed by atoms with Gasteiger partial charge in [0.15, 0.2) is 17.4 Å². The van der Waals surface area contributed by atoms with Crippen LogP contribution >= 0.6 is 0 Å². The fraction of sp³-hybridized carbons (Fsp3) is 0.300. The molecule has 0 fully saturated rings. The summed E-state index contributed by atoms with van der Waals surface area (Å²) in [5.74, 6) is -1.95. The third-order valence-corrected chi connectivity index (χ3v) is 3.93. The number of hydrogen-bond acceptors (Lipinski definition) is 4. The highest BCUT2D eigenvalue weighted by Gasteiger charge is 2.21. The molecule has 0 spiro atoms. The number of hydrogen-bond donors (Lipinski definition) is 2. The molecule has 27 heavy (non-hydrogen) atoms. The molecule has 2 N–H and O–H groups in total. The number of carbonyl (C=O) groups is 1. The summed E-state index contributed by atoms with van der Waals surface area (Å²) in [6.07, 6.45) is 0.682. The van der Waals surface area contributed by atoms with Gasteiger partial charge in [0.1, 0.15) is 12.3 Å². The second-order valence-corrected chi connectivity index (χ2v) is 5.79. The number of amides is 1. The van der Waals surface area contributed by atoms with Crippen LogP contribution in [0.2, 0.25) is 0 Å². The Balaban J connectivity index is 2.10. The molecule has 0 bridgehead atoms. The Morgan fingerprint density at radius 3 is 2.63 bits per heavy atom. The van der Waals surface area contributed by atoms with Crippen molar-refractivity contribution in [1.82, 2.24) is 10.6 Å². The Kier molecular flexibility index (Phi) is 7.71. The molecule has 2 aromatic carbocycles. The predicted molar refractivity (Wildman–Crippen MR) is 97.1 cm³/mol. The van der Waals surface area contributed by atoms with Crippen LogP contribution in [0.15, 0.2) is 42.5 Å². The number of nitriles is 1. The molecular weight excluding hydrogens is 352 g/mol. The third-order valence-electron chi connectivity index (χ3n) is 3.93. The van der Waals surface area contributed by atoms with E-state index in [4.69, 9.17) is 10.00 Å². The molecule has 1 atom stereocenters. The molecule has 0 aliphatic carbocycles. The van der Waals surface area contributed by atoms with Crippen molar-refractivity contribution in [3.63, 3.8) is 0 Å². The van der Waals surface area contributed by atoms with Gasteiger partial charge in [-0.1, -0.05) is 31.2 Å². The number of ether oxygens (including phenoxy) is 1. The minimum Gasteiger partial charge on any atom is -0.451 e. The highest BCUT2D eigenvalue weighted by molar-refractivity contribution is 5.76. The number of halogens is 2. The first-order valence-corrected chi connectivity index (χ1v) is 8.64.